The topological polar surface area (TPSA) is 68.9 Å². The monoisotopic (exact) mass is 396 g/mol. The van der Waals surface area contributed by atoms with Crippen molar-refractivity contribution in [1.82, 2.24) is 20.0 Å². The normalized spacial score (nSPS) is 15.8. The molecule has 2 N–H and O–H groups in total. The van der Waals surface area contributed by atoms with Crippen LogP contribution in [0.2, 0.25) is 0 Å². The fraction of sp³-hybridized carbons (Fsp3) is 0.444. The van der Waals surface area contributed by atoms with Crippen LogP contribution in [0, 0.1) is 0 Å². The number of hydrogen-bond donors (Lipinski definition) is 2. The van der Waals surface area contributed by atoms with Crippen LogP contribution in [0.3, 0.4) is 0 Å². The smallest absolute Gasteiger partial charge is 0.435 e. The molecule has 3 rings (SSSR count). The summed E-state index contributed by atoms with van der Waals surface area (Å²) < 4.78 is 40.4. The van der Waals surface area contributed by atoms with Gasteiger partial charge in [-0.15, -0.1) is 0 Å². The summed E-state index contributed by atoms with van der Waals surface area (Å²) in [5, 5.41) is 16.5. The second-order valence-corrected chi connectivity index (χ2v) is 6.54. The molecular weight excluding hydrogens is 373 g/mol. The summed E-state index contributed by atoms with van der Waals surface area (Å²) in [5.41, 5.74) is -0.0402. The van der Waals surface area contributed by atoms with Gasteiger partial charge in [-0.05, 0) is 12.1 Å². The number of nitrogens with one attached hydrogen (secondary N) is 1. The van der Waals surface area contributed by atoms with Gasteiger partial charge in [0.25, 0.3) is 0 Å². The zero-order valence-corrected chi connectivity index (χ0v) is 15.7. The van der Waals surface area contributed by atoms with E-state index in [0.29, 0.717) is 32.1 Å². The molecular formula is C18H23F3N6O. The van der Waals surface area contributed by atoms with Crippen molar-refractivity contribution in [2.75, 3.05) is 38.1 Å². The number of aryl methyl sites for hydroxylation is 1. The van der Waals surface area contributed by atoms with Crippen molar-refractivity contribution in [1.29, 1.82) is 0 Å². The highest BCUT2D eigenvalue weighted by atomic mass is 19.4. The highest BCUT2D eigenvalue weighted by molar-refractivity contribution is 5.80. The Bertz CT molecular complexity index is 840. The fourth-order valence-corrected chi connectivity index (χ4v) is 3.30. The van der Waals surface area contributed by atoms with Crippen molar-refractivity contribution in [3.8, 4) is 5.75 Å². The predicted octanol–water partition coefficient (Wildman–Crippen LogP) is 2.04. The summed E-state index contributed by atoms with van der Waals surface area (Å²) in [6.45, 7) is 2.58. The lowest BCUT2D eigenvalue weighted by Gasteiger charge is -2.37. The number of halogens is 3. The minimum atomic E-state index is -4.49. The third-order valence-corrected chi connectivity index (χ3v) is 4.62. The lowest BCUT2D eigenvalue weighted by molar-refractivity contribution is -0.142. The van der Waals surface area contributed by atoms with E-state index in [0.717, 1.165) is 10.4 Å². The van der Waals surface area contributed by atoms with E-state index in [9.17, 15) is 18.3 Å². The van der Waals surface area contributed by atoms with Crippen LogP contribution in [0.4, 0.5) is 18.9 Å². The lowest BCUT2D eigenvalue weighted by atomic mass is 10.2. The number of hydrogen-bond acceptors (Lipinski definition) is 4. The van der Waals surface area contributed by atoms with Crippen LogP contribution in [0.5, 0.6) is 5.75 Å². The molecule has 1 aliphatic rings. The van der Waals surface area contributed by atoms with E-state index in [1.165, 1.54) is 13.2 Å². The highest BCUT2D eigenvalue weighted by Crippen LogP contribution is 2.30. The van der Waals surface area contributed by atoms with Crippen molar-refractivity contribution in [3.05, 3.63) is 41.7 Å². The highest BCUT2D eigenvalue weighted by Gasteiger charge is 2.37. The first kappa shape index (κ1) is 19.8. The number of aliphatic imine (C=N–C) groups is 1. The SMILES string of the molecule is CN=C(NCc1cn(C)nc1C(F)(F)F)N1CCN(c2ccccc2O)CC1. The van der Waals surface area contributed by atoms with Crippen molar-refractivity contribution in [3.63, 3.8) is 0 Å². The van der Waals surface area contributed by atoms with Crippen LogP contribution in [-0.4, -0.2) is 59.0 Å². The molecule has 0 bridgehead atoms. The van der Waals surface area contributed by atoms with Gasteiger partial charge in [-0.1, -0.05) is 12.1 Å². The first-order valence-electron chi connectivity index (χ1n) is 8.88. The first-order valence-corrected chi connectivity index (χ1v) is 8.88. The summed E-state index contributed by atoms with van der Waals surface area (Å²) in [7, 11) is 3.07. The Balaban J connectivity index is 1.61. The molecule has 2 heterocycles. The Kier molecular flexibility index (Phi) is 5.66. The minimum absolute atomic E-state index is 0.0188. The number of phenolic OH excluding ortho intramolecular Hbond substituents is 1. The Labute approximate surface area is 161 Å². The number of para-hydroxylation sites is 2. The number of phenols is 1. The third-order valence-electron chi connectivity index (χ3n) is 4.62. The molecule has 1 aliphatic heterocycles. The number of aromatic nitrogens is 2. The molecule has 1 fully saturated rings. The Hall–Kier alpha value is -2.91. The molecule has 0 aliphatic carbocycles. The maximum absolute atomic E-state index is 13.1. The van der Waals surface area contributed by atoms with Crippen molar-refractivity contribution in [2.24, 2.45) is 12.0 Å². The molecule has 1 aromatic carbocycles. The van der Waals surface area contributed by atoms with Crippen LogP contribution in [0.1, 0.15) is 11.3 Å². The van der Waals surface area contributed by atoms with Gasteiger partial charge in [-0.25, -0.2) is 0 Å². The van der Waals surface area contributed by atoms with Crippen molar-refractivity contribution in [2.45, 2.75) is 12.7 Å². The summed E-state index contributed by atoms with van der Waals surface area (Å²) in [5.74, 6) is 0.767. The zero-order chi connectivity index (χ0) is 20.3. The van der Waals surface area contributed by atoms with Gasteiger partial charge in [0.15, 0.2) is 11.7 Å². The minimum Gasteiger partial charge on any atom is -0.506 e. The maximum Gasteiger partial charge on any atom is 0.435 e. The zero-order valence-electron chi connectivity index (χ0n) is 15.7. The van der Waals surface area contributed by atoms with Crippen molar-refractivity contribution < 1.29 is 18.3 Å². The number of benzene rings is 1. The quantitative estimate of drug-likeness (QED) is 0.614. The van der Waals surface area contributed by atoms with Crippen LogP contribution in [-0.2, 0) is 19.8 Å². The van der Waals surface area contributed by atoms with Crippen LogP contribution < -0.4 is 10.2 Å². The van der Waals surface area contributed by atoms with E-state index >= 15 is 0 Å². The lowest BCUT2D eigenvalue weighted by Crippen LogP contribution is -2.52. The third kappa shape index (κ3) is 4.32. The summed E-state index contributed by atoms with van der Waals surface area (Å²) >= 11 is 0. The Morgan fingerprint density at radius 2 is 1.89 bits per heavy atom. The fourth-order valence-electron chi connectivity index (χ4n) is 3.30. The number of guanidine groups is 1. The van der Waals surface area contributed by atoms with Gasteiger partial charge in [0.1, 0.15) is 5.75 Å². The second-order valence-electron chi connectivity index (χ2n) is 6.54. The van der Waals surface area contributed by atoms with E-state index in [-0.39, 0.29) is 17.9 Å². The van der Waals surface area contributed by atoms with Crippen LogP contribution in [0.25, 0.3) is 0 Å². The van der Waals surface area contributed by atoms with E-state index in [2.05, 4.69) is 20.3 Å². The molecule has 0 unspecified atom stereocenters. The number of alkyl halides is 3. The molecule has 10 heteroatoms. The van der Waals surface area contributed by atoms with Crippen LogP contribution in [0.15, 0.2) is 35.5 Å². The summed E-state index contributed by atoms with van der Waals surface area (Å²) in [6.07, 6.45) is -3.13. The Morgan fingerprint density at radius 3 is 2.50 bits per heavy atom. The summed E-state index contributed by atoms with van der Waals surface area (Å²) in [4.78, 5) is 8.25. The van der Waals surface area contributed by atoms with E-state index in [1.54, 1.807) is 19.2 Å². The molecule has 1 aromatic heterocycles. The second kappa shape index (κ2) is 7.99. The average Bonchev–Trinajstić information content (AvgIpc) is 3.04. The van der Waals surface area contributed by atoms with Gasteiger partial charge < -0.3 is 20.2 Å². The van der Waals surface area contributed by atoms with Gasteiger partial charge in [-0.2, -0.15) is 18.3 Å². The van der Waals surface area contributed by atoms with Crippen LogP contribution >= 0.6 is 0 Å². The molecule has 152 valence electrons. The molecule has 0 saturated carbocycles. The molecule has 0 atom stereocenters. The van der Waals surface area contributed by atoms with E-state index in [1.807, 2.05) is 17.0 Å². The van der Waals surface area contributed by atoms with Gasteiger partial charge in [0.05, 0.1) is 5.69 Å². The number of aromatic hydroxyl groups is 1. The van der Waals surface area contributed by atoms with Gasteiger partial charge in [0, 0.05) is 58.6 Å². The largest absolute Gasteiger partial charge is 0.506 e. The van der Waals surface area contributed by atoms with E-state index in [4.69, 9.17) is 0 Å². The molecule has 0 amide bonds. The molecule has 1 saturated heterocycles. The molecule has 0 radical (unpaired) electrons. The van der Waals surface area contributed by atoms with Gasteiger partial charge in [0.2, 0.25) is 0 Å². The number of anilines is 1. The number of piperazine rings is 1. The molecule has 0 spiro atoms. The average molecular weight is 396 g/mol. The summed E-state index contributed by atoms with van der Waals surface area (Å²) in [6, 6.07) is 7.15. The maximum atomic E-state index is 13.1. The molecule has 28 heavy (non-hydrogen) atoms. The molecule has 2 aromatic rings. The van der Waals surface area contributed by atoms with E-state index < -0.39 is 11.9 Å². The van der Waals surface area contributed by atoms with Gasteiger partial charge in [-0.3, -0.25) is 9.67 Å². The van der Waals surface area contributed by atoms with Crippen molar-refractivity contribution >= 4 is 11.6 Å². The molecule has 7 nitrogen and oxygen atoms in total. The van der Waals surface area contributed by atoms with Gasteiger partial charge >= 0.3 is 6.18 Å². The predicted molar refractivity (Wildman–Crippen MR) is 100 cm³/mol. The number of rotatable bonds is 3. The Morgan fingerprint density at radius 1 is 1.21 bits per heavy atom. The number of nitrogens with zero attached hydrogens (tertiary/aromatic N) is 5. The standard InChI is InChI=1S/C18H23F3N6O/c1-22-17(23-11-13-12-25(2)24-16(13)18(19,20)21)27-9-7-26(8-10-27)14-5-3-4-6-15(14)28/h3-6,12,28H,7-11H2,1-2H3,(H,22,23). The first-order chi connectivity index (χ1) is 13.3.